The molecule has 0 unspecified atom stereocenters. The Morgan fingerprint density at radius 2 is 2.17 bits per heavy atom. The molecular weight excluding hydrogens is 261 g/mol. The van der Waals surface area contributed by atoms with E-state index in [1.165, 1.54) is 11.0 Å². The summed E-state index contributed by atoms with van der Waals surface area (Å²) in [5.41, 5.74) is 0.676. The number of likely N-dealkylation sites (N-methyl/N-ethyl adjacent to an activating group) is 1. The third-order valence-corrected chi connectivity index (χ3v) is 3.15. The van der Waals surface area contributed by atoms with E-state index in [0.717, 1.165) is 6.07 Å². The van der Waals surface area contributed by atoms with Gasteiger partial charge < -0.3 is 4.90 Å². The average Bonchev–Trinajstić information content (AvgIpc) is 2.51. The lowest BCUT2D eigenvalue weighted by molar-refractivity contribution is -0.117. The van der Waals surface area contributed by atoms with Crippen molar-refractivity contribution >= 4 is 27.5 Å². The fourth-order valence-electron chi connectivity index (χ4n) is 2.03. The number of carbonyl (C=O) groups excluding carboxylic acids is 1. The van der Waals surface area contributed by atoms with E-state index < -0.39 is 16.0 Å². The second-order valence-corrected chi connectivity index (χ2v) is 5.22. The van der Waals surface area contributed by atoms with Crippen molar-refractivity contribution in [3.05, 3.63) is 23.5 Å². The molecule has 8 heteroatoms. The summed E-state index contributed by atoms with van der Waals surface area (Å²) >= 11 is 0. The van der Waals surface area contributed by atoms with Gasteiger partial charge in [-0.2, -0.15) is 8.42 Å². The van der Waals surface area contributed by atoms with Crippen molar-refractivity contribution in [2.24, 2.45) is 5.14 Å². The summed E-state index contributed by atoms with van der Waals surface area (Å²) in [6.07, 6.45) is 0.0558. The standard InChI is InChI=1S/C10H12FN3O3S/c1-2-14-9(15)4-6-3-7(13-18(12,16)17)5-8(11)10(6)14/h3,5,13H,2,4H2,1H3,(H2,12,16,17). The smallest absolute Gasteiger partial charge is 0.296 e. The van der Waals surface area contributed by atoms with Gasteiger partial charge in [-0.25, -0.2) is 9.53 Å². The second-order valence-electron chi connectivity index (χ2n) is 3.93. The Balaban J connectivity index is 2.47. The van der Waals surface area contributed by atoms with Crippen LogP contribution in [0.3, 0.4) is 0 Å². The van der Waals surface area contributed by atoms with Crippen LogP contribution >= 0.6 is 0 Å². The number of amides is 1. The van der Waals surface area contributed by atoms with Gasteiger partial charge in [-0.1, -0.05) is 0 Å². The number of nitrogens with two attached hydrogens (primary N) is 1. The van der Waals surface area contributed by atoms with Crippen LogP contribution in [0.4, 0.5) is 15.8 Å². The number of fused-ring (bicyclic) bond motifs is 1. The first-order valence-electron chi connectivity index (χ1n) is 5.25. The fourth-order valence-corrected chi connectivity index (χ4v) is 2.48. The molecule has 0 aromatic heterocycles. The highest BCUT2D eigenvalue weighted by Gasteiger charge is 2.29. The van der Waals surface area contributed by atoms with E-state index in [0.29, 0.717) is 12.1 Å². The van der Waals surface area contributed by atoms with Gasteiger partial charge in [0.1, 0.15) is 5.82 Å². The molecule has 0 spiro atoms. The second kappa shape index (κ2) is 4.21. The molecule has 98 valence electrons. The van der Waals surface area contributed by atoms with Crippen molar-refractivity contribution in [1.29, 1.82) is 0 Å². The number of hydrogen-bond donors (Lipinski definition) is 2. The molecule has 0 saturated carbocycles. The van der Waals surface area contributed by atoms with Crippen molar-refractivity contribution in [2.45, 2.75) is 13.3 Å². The molecule has 0 fully saturated rings. The molecule has 1 aromatic rings. The average molecular weight is 273 g/mol. The number of nitrogens with zero attached hydrogens (tertiary/aromatic N) is 1. The Hall–Kier alpha value is -1.67. The first-order valence-corrected chi connectivity index (χ1v) is 6.79. The lowest BCUT2D eigenvalue weighted by Gasteiger charge is -2.15. The van der Waals surface area contributed by atoms with E-state index in [4.69, 9.17) is 5.14 Å². The van der Waals surface area contributed by atoms with E-state index in [2.05, 4.69) is 0 Å². The molecule has 2 rings (SSSR count). The lowest BCUT2D eigenvalue weighted by Crippen LogP contribution is -2.26. The van der Waals surface area contributed by atoms with Crippen LogP contribution in [0.5, 0.6) is 0 Å². The predicted octanol–water partition coefficient (Wildman–Crippen LogP) is 0.350. The number of benzene rings is 1. The monoisotopic (exact) mass is 273 g/mol. The zero-order valence-corrected chi connectivity index (χ0v) is 10.4. The summed E-state index contributed by atoms with van der Waals surface area (Å²) in [6, 6.07) is 2.42. The summed E-state index contributed by atoms with van der Waals surface area (Å²) in [5, 5.41) is 4.80. The highest BCUT2D eigenvalue weighted by Crippen LogP contribution is 2.34. The number of nitrogens with one attached hydrogen (secondary N) is 1. The first-order chi connectivity index (χ1) is 8.31. The molecule has 0 atom stereocenters. The maximum Gasteiger partial charge on any atom is 0.296 e. The van der Waals surface area contributed by atoms with Crippen molar-refractivity contribution in [1.82, 2.24) is 0 Å². The number of rotatable bonds is 3. The molecule has 1 aliphatic heterocycles. The molecule has 1 aromatic carbocycles. The Bertz CT molecular complexity index is 615. The molecule has 18 heavy (non-hydrogen) atoms. The topological polar surface area (TPSA) is 92.5 Å². The van der Waals surface area contributed by atoms with Crippen molar-refractivity contribution in [2.75, 3.05) is 16.2 Å². The molecule has 1 heterocycles. The number of anilines is 2. The van der Waals surface area contributed by atoms with Gasteiger partial charge in [0.25, 0.3) is 10.2 Å². The maximum absolute atomic E-state index is 13.9. The Labute approximate surface area is 104 Å². The van der Waals surface area contributed by atoms with Crippen LogP contribution in [0.15, 0.2) is 12.1 Å². The number of halogens is 1. The summed E-state index contributed by atoms with van der Waals surface area (Å²) in [5.74, 6) is -0.856. The predicted molar refractivity (Wildman–Crippen MR) is 64.9 cm³/mol. The van der Waals surface area contributed by atoms with Gasteiger partial charge in [-0.3, -0.25) is 9.52 Å². The summed E-state index contributed by atoms with van der Waals surface area (Å²) in [6.45, 7) is 2.10. The highest BCUT2D eigenvalue weighted by atomic mass is 32.2. The van der Waals surface area contributed by atoms with Gasteiger partial charge in [-0.15, -0.1) is 0 Å². The Morgan fingerprint density at radius 3 is 2.72 bits per heavy atom. The Kier molecular flexibility index (Phi) is 2.99. The SMILES string of the molecule is CCN1C(=O)Cc2cc(NS(N)(=O)=O)cc(F)c21. The van der Waals surface area contributed by atoms with Gasteiger partial charge in [0.15, 0.2) is 0 Å². The van der Waals surface area contributed by atoms with E-state index in [1.807, 2.05) is 4.72 Å². The van der Waals surface area contributed by atoms with Gasteiger partial charge in [0, 0.05) is 12.6 Å². The molecule has 0 bridgehead atoms. The maximum atomic E-state index is 13.9. The van der Waals surface area contributed by atoms with Gasteiger partial charge in [0.2, 0.25) is 5.91 Å². The zero-order chi connectivity index (χ0) is 13.5. The molecule has 3 N–H and O–H groups in total. The Morgan fingerprint density at radius 1 is 1.50 bits per heavy atom. The van der Waals surface area contributed by atoms with Crippen LogP contribution in [-0.4, -0.2) is 20.9 Å². The number of hydrogen-bond acceptors (Lipinski definition) is 3. The van der Waals surface area contributed by atoms with Crippen LogP contribution in [0.25, 0.3) is 0 Å². The molecule has 0 aliphatic carbocycles. The molecule has 0 saturated heterocycles. The minimum atomic E-state index is -3.96. The number of carbonyl (C=O) groups is 1. The largest absolute Gasteiger partial charge is 0.309 e. The van der Waals surface area contributed by atoms with Crippen LogP contribution in [0.2, 0.25) is 0 Å². The van der Waals surface area contributed by atoms with Crippen LogP contribution in [0.1, 0.15) is 12.5 Å². The van der Waals surface area contributed by atoms with E-state index in [-0.39, 0.29) is 23.7 Å². The molecule has 6 nitrogen and oxygen atoms in total. The van der Waals surface area contributed by atoms with Gasteiger partial charge in [-0.05, 0) is 18.6 Å². The quantitative estimate of drug-likeness (QED) is 0.832. The molecule has 1 amide bonds. The van der Waals surface area contributed by atoms with Crippen LogP contribution < -0.4 is 14.8 Å². The molecule has 1 aliphatic rings. The van der Waals surface area contributed by atoms with Crippen molar-refractivity contribution in [3.8, 4) is 0 Å². The van der Waals surface area contributed by atoms with Crippen LogP contribution in [0, 0.1) is 5.82 Å². The summed E-state index contributed by atoms with van der Waals surface area (Å²) < 4.78 is 37.6. The third-order valence-electron chi connectivity index (χ3n) is 2.63. The molecule has 0 radical (unpaired) electrons. The molecular formula is C10H12FN3O3S. The zero-order valence-electron chi connectivity index (χ0n) is 9.60. The van der Waals surface area contributed by atoms with E-state index in [1.54, 1.807) is 6.92 Å². The summed E-state index contributed by atoms with van der Waals surface area (Å²) in [4.78, 5) is 12.9. The van der Waals surface area contributed by atoms with E-state index in [9.17, 15) is 17.6 Å². The normalized spacial score (nSPS) is 14.8. The van der Waals surface area contributed by atoms with Gasteiger partial charge in [0.05, 0.1) is 17.8 Å². The minimum Gasteiger partial charge on any atom is -0.309 e. The summed E-state index contributed by atoms with van der Waals surface area (Å²) in [7, 11) is -3.96. The van der Waals surface area contributed by atoms with Crippen molar-refractivity contribution in [3.63, 3.8) is 0 Å². The van der Waals surface area contributed by atoms with Crippen LogP contribution in [-0.2, 0) is 21.4 Å². The highest BCUT2D eigenvalue weighted by molar-refractivity contribution is 7.90. The third kappa shape index (κ3) is 2.29. The van der Waals surface area contributed by atoms with Crippen molar-refractivity contribution < 1.29 is 17.6 Å². The van der Waals surface area contributed by atoms with Gasteiger partial charge >= 0.3 is 0 Å². The lowest BCUT2D eigenvalue weighted by atomic mass is 10.1. The minimum absolute atomic E-state index is 0.0134. The first kappa shape index (κ1) is 12.8. The fraction of sp³-hybridized carbons (Fsp3) is 0.300. The van der Waals surface area contributed by atoms with E-state index >= 15 is 0 Å².